The molecule has 2 bridgehead atoms. The molecule has 1 saturated carbocycles. The Bertz CT molecular complexity index is 619. The standard InChI is InChI=1S/C18H24O5/c1-6-17(4)8-7-11-16(2,3)10-9-12(22-5)18(11,23-15(10)21)13(17)14(19)20/h6,9-11,13H,1,7-8H2,2-5H3,(H,19,20)/t10-,11+,13+,17?,18+/m1/s1. The van der Waals surface area contributed by atoms with Gasteiger partial charge in [0.15, 0.2) is 5.60 Å². The van der Waals surface area contributed by atoms with Crippen molar-refractivity contribution in [3.05, 3.63) is 24.5 Å². The zero-order valence-corrected chi connectivity index (χ0v) is 14.1. The van der Waals surface area contributed by atoms with Crippen LogP contribution in [-0.2, 0) is 19.1 Å². The number of methoxy groups -OCH3 is 1. The minimum absolute atomic E-state index is 0.0909. The molecule has 2 heterocycles. The number of hydrogen-bond donors (Lipinski definition) is 1. The highest BCUT2D eigenvalue weighted by Crippen LogP contribution is 2.66. The first kappa shape index (κ1) is 16.1. The summed E-state index contributed by atoms with van der Waals surface area (Å²) in [7, 11) is 1.51. The molecule has 2 aliphatic carbocycles. The Morgan fingerprint density at radius 3 is 2.65 bits per heavy atom. The van der Waals surface area contributed by atoms with Crippen molar-refractivity contribution < 1.29 is 24.2 Å². The predicted molar refractivity (Wildman–Crippen MR) is 83.3 cm³/mol. The molecule has 126 valence electrons. The van der Waals surface area contributed by atoms with Crippen LogP contribution in [0.1, 0.15) is 33.6 Å². The van der Waals surface area contributed by atoms with Crippen molar-refractivity contribution in [1.29, 1.82) is 0 Å². The van der Waals surface area contributed by atoms with Crippen molar-refractivity contribution in [3.63, 3.8) is 0 Å². The fourth-order valence-electron chi connectivity index (χ4n) is 5.15. The van der Waals surface area contributed by atoms with Gasteiger partial charge in [-0.05, 0) is 24.3 Å². The molecule has 0 aromatic carbocycles. The van der Waals surface area contributed by atoms with E-state index in [0.29, 0.717) is 12.2 Å². The molecule has 0 aromatic rings. The maximum absolute atomic E-state index is 12.5. The Hall–Kier alpha value is -1.78. The van der Waals surface area contributed by atoms with Crippen LogP contribution in [-0.4, -0.2) is 29.8 Å². The molecule has 5 atom stereocenters. The number of allylic oxidation sites excluding steroid dienone is 1. The summed E-state index contributed by atoms with van der Waals surface area (Å²) in [5.41, 5.74) is -2.29. The average Bonchev–Trinajstić information content (AvgIpc) is 2.45. The van der Waals surface area contributed by atoms with Gasteiger partial charge in [-0.1, -0.05) is 26.8 Å². The third-order valence-electron chi connectivity index (χ3n) is 6.44. The maximum atomic E-state index is 12.5. The second-order valence-electron chi connectivity index (χ2n) is 7.82. The van der Waals surface area contributed by atoms with E-state index in [4.69, 9.17) is 9.47 Å². The maximum Gasteiger partial charge on any atom is 0.314 e. The largest absolute Gasteiger partial charge is 0.497 e. The summed E-state index contributed by atoms with van der Waals surface area (Å²) in [5, 5.41) is 10.0. The van der Waals surface area contributed by atoms with Crippen molar-refractivity contribution in [2.45, 2.75) is 39.2 Å². The van der Waals surface area contributed by atoms with Gasteiger partial charge in [-0.2, -0.15) is 0 Å². The van der Waals surface area contributed by atoms with E-state index in [1.54, 1.807) is 12.2 Å². The van der Waals surface area contributed by atoms with Crippen LogP contribution in [0, 0.1) is 28.6 Å². The Balaban J connectivity index is 2.30. The Morgan fingerprint density at radius 2 is 2.13 bits per heavy atom. The molecule has 0 amide bonds. The number of hydrogen-bond acceptors (Lipinski definition) is 4. The van der Waals surface area contributed by atoms with Crippen LogP contribution in [0.15, 0.2) is 24.5 Å². The summed E-state index contributed by atoms with van der Waals surface area (Å²) in [6, 6.07) is 0. The molecule has 5 nitrogen and oxygen atoms in total. The lowest BCUT2D eigenvalue weighted by Gasteiger charge is -2.63. The number of fused-ring (bicyclic) bond motifs is 1. The molecule has 1 N–H and O–H groups in total. The molecule has 2 fully saturated rings. The molecule has 1 saturated heterocycles. The molecule has 4 aliphatic rings. The molecule has 2 aliphatic heterocycles. The van der Waals surface area contributed by atoms with Gasteiger partial charge in [-0.3, -0.25) is 9.59 Å². The van der Waals surface area contributed by atoms with Gasteiger partial charge in [0, 0.05) is 11.3 Å². The molecular formula is C18H24O5. The lowest BCUT2D eigenvalue weighted by atomic mass is 9.45. The van der Waals surface area contributed by atoms with Crippen molar-refractivity contribution in [2.75, 3.05) is 7.11 Å². The fourth-order valence-corrected chi connectivity index (χ4v) is 5.15. The van der Waals surface area contributed by atoms with E-state index in [-0.39, 0.29) is 17.3 Å². The highest BCUT2D eigenvalue weighted by Gasteiger charge is 2.73. The first-order valence-corrected chi connectivity index (χ1v) is 8.00. The SMILES string of the molecule is C=CC1(C)CC[C@H]2C(C)(C)[C@@H]3C=C(OC)[C@]2(OC3=O)[C@H]1C(=O)O. The summed E-state index contributed by atoms with van der Waals surface area (Å²) in [4.78, 5) is 24.7. The summed E-state index contributed by atoms with van der Waals surface area (Å²) in [6.45, 7) is 9.77. The predicted octanol–water partition coefficient (Wildman–Crippen LogP) is 2.77. The van der Waals surface area contributed by atoms with Gasteiger partial charge >= 0.3 is 11.9 Å². The fraction of sp³-hybridized carbons (Fsp3) is 0.667. The van der Waals surface area contributed by atoms with E-state index < -0.39 is 28.8 Å². The number of carboxylic acids is 1. The first-order chi connectivity index (χ1) is 10.6. The number of ether oxygens (including phenoxy) is 2. The van der Waals surface area contributed by atoms with Crippen LogP contribution in [0.25, 0.3) is 0 Å². The van der Waals surface area contributed by atoms with E-state index in [9.17, 15) is 14.7 Å². The third kappa shape index (κ3) is 1.73. The Morgan fingerprint density at radius 1 is 1.48 bits per heavy atom. The van der Waals surface area contributed by atoms with Crippen molar-refractivity contribution in [3.8, 4) is 0 Å². The zero-order chi connectivity index (χ0) is 17.2. The van der Waals surface area contributed by atoms with Gasteiger partial charge in [0.25, 0.3) is 0 Å². The second kappa shape index (κ2) is 4.62. The molecule has 4 rings (SSSR count). The highest BCUT2D eigenvalue weighted by molar-refractivity contribution is 5.83. The van der Waals surface area contributed by atoms with Gasteiger partial charge in [-0.15, -0.1) is 6.58 Å². The van der Waals surface area contributed by atoms with Crippen LogP contribution in [0.3, 0.4) is 0 Å². The number of aliphatic carboxylic acids is 1. The molecular weight excluding hydrogens is 296 g/mol. The van der Waals surface area contributed by atoms with E-state index in [1.807, 2.05) is 20.8 Å². The third-order valence-corrected chi connectivity index (χ3v) is 6.44. The van der Waals surface area contributed by atoms with E-state index >= 15 is 0 Å². The topological polar surface area (TPSA) is 72.8 Å². The molecule has 1 unspecified atom stereocenters. The monoisotopic (exact) mass is 320 g/mol. The van der Waals surface area contributed by atoms with Crippen molar-refractivity contribution >= 4 is 11.9 Å². The first-order valence-electron chi connectivity index (χ1n) is 8.00. The average molecular weight is 320 g/mol. The van der Waals surface area contributed by atoms with E-state index in [0.717, 1.165) is 6.42 Å². The number of carbonyl (C=O) groups excluding carboxylic acids is 1. The van der Waals surface area contributed by atoms with Crippen LogP contribution >= 0.6 is 0 Å². The van der Waals surface area contributed by atoms with Crippen LogP contribution < -0.4 is 0 Å². The number of carbonyl (C=O) groups is 2. The van der Waals surface area contributed by atoms with Crippen LogP contribution in [0.5, 0.6) is 0 Å². The summed E-state index contributed by atoms with van der Waals surface area (Å²) >= 11 is 0. The quantitative estimate of drug-likeness (QED) is 0.639. The molecule has 23 heavy (non-hydrogen) atoms. The minimum Gasteiger partial charge on any atom is -0.497 e. The molecule has 0 radical (unpaired) electrons. The lowest BCUT2D eigenvalue weighted by molar-refractivity contribution is -0.244. The smallest absolute Gasteiger partial charge is 0.314 e. The lowest BCUT2D eigenvalue weighted by Crippen LogP contribution is -2.71. The van der Waals surface area contributed by atoms with Crippen LogP contribution in [0.4, 0.5) is 0 Å². The van der Waals surface area contributed by atoms with Gasteiger partial charge in [0.2, 0.25) is 0 Å². The van der Waals surface area contributed by atoms with Gasteiger partial charge in [0.05, 0.1) is 13.0 Å². The Kier molecular flexibility index (Phi) is 3.23. The highest BCUT2D eigenvalue weighted by atomic mass is 16.6. The zero-order valence-electron chi connectivity index (χ0n) is 14.1. The second-order valence-corrected chi connectivity index (χ2v) is 7.82. The van der Waals surface area contributed by atoms with Gasteiger partial charge < -0.3 is 14.6 Å². The number of rotatable bonds is 3. The normalized spacial score (nSPS) is 43.9. The number of esters is 1. The molecule has 1 spiro atoms. The van der Waals surface area contributed by atoms with Gasteiger partial charge in [-0.25, -0.2) is 0 Å². The van der Waals surface area contributed by atoms with E-state index in [2.05, 4.69) is 6.58 Å². The minimum atomic E-state index is -1.25. The van der Waals surface area contributed by atoms with Crippen molar-refractivity contribution in [1.82, 2.24) is 0 Å². The van der Waals surface area contributed by atoms with Gasteiger partial charge in [0.1, 0.15) is 11.7 Å². The summed E-state index contributed by atoms with van der Waals surface area (Å²) in [5.74, 6) is -2.26. The summed E-state index contributed by atoms with van der Waals surface area (Å²) in [6.07, 6.45) is 4.92. The molecule has 0 aromatic heterocycles. The van der Waals surface area contributed by atoms with Crippen LogP contribution in [0.2, 0.25) is 0 Å². The summed E-state index contributed by atoms with van der Waals surface area (Å²) < 4.78 is 11.4. The number of carboxylic acid groups (broad SMARTS) is 1. The van der Waals surface area contributed by atoms with Crippen molar-refractivity contribution in [2.24, 2.45) is 28.6 Å². The van der Waals surface area contributed by atoms with E-state index in [1.165, 1.54) is 7.11 Å². The molecule has 5 heteroatoms. The Labute approximate surface area is 136 Å².